The van der Waals surface area contributed by atoms with E-state index in [4.69, 9.17) is 11.6 Å². The molecule has 1 saturated carbocycles. The summed E-state index contributed by atoms with van der Waals surface area (Å²) in [5.41, 5.74) is 0.00121. The van der Waals surface area contributed by atoms with Crippen LogP contribution in [0, 0.1) is 6.92 Å². The van der Waals surface area contributed by atoms with Crippen molar-refractivity contribution >= 4 is 23.4 Å². The Morgan fingerprint density at radius 1 is 1.50 bits per heavy atom. The first-order valence-electron chi connectivity index (χ1n) is 4.84. The van der Waals surface area contributed by atoms with E-state index in [9.17, 15) is 14.7 Å². The number of carboxylic acid groups (broad SMARTS) is 1. The SMILES string of the molecule is Cc1ccc(C2(C(=O)O)CC(=O)C2)c(Cl)n1. The van der Waals surface area contributed by atoms with Gasteiger partial charge in [-0.2, -0.15) is 0 Å². The number of carboxylic acids is 1. The quantitative estimate of drug-likeness (QED) is 0.798. The monoisotopic (exact) mass is 239 g/mol. The van der Waals surface area contributed by atoms with E-state index in [1.807, 2.05) is 0 Å². The highest BCUT2D eigenvalue weighted by Crippen LogP contribution is 2.43. The smallest absolute Gasteiger partial charge is 0.315 e. The second-order valence-corrected chi connectivity index (χ2v) is 4.43. The Kier molecular flexibility index (Phi) is 2.46. The number of nitrogens with zero attached hydrogens (tertiary/aromatic N) is 1. The maximum Gasteiger partial charge on any atom is 0.315 e. The normalized spacial score (nSPS) is 18.0. The second-order valence-electron chi connectivity index (χ2n) is 4.07. The first kappa shape index (κ1) is 11.1. The number of aromatic nitrogens is 1. The summed E-state index contributed by atoms with van der Waals surface area (Å²) in [6, 6.07) is 3.35. The molecule has 0 unspecified atom stereocenters. The number of halogens is 1. The lowest BCUT2D eigenvalue weighted by Crippen LogP contribution is -2.48. The fourth-order valence-corrected chi connectivity index (χ4v) is 2.34. The molecule has 1 aromatic heterocycles. The topological polar surface area (TPSA) is 67.3 Å². The number of pyridine rings is 1. The van der Waals surface area contributed by atoms with Gasteiger partial charge in [-0.3, -0.25) is 9.59 Å². The summed E-state index contributed by atoms with van der Waals surface area (Å²) in [5.74, 6) is -1.07. The van der Waals surface area contributed by atoms with E-state index in [1.165, 1.54) is 0 Å². The van der Waals surface area contributed by atoms with Gasteiger partial charge in [0.1, 0.15) is 16.4 Å². The van der Waals surface area contributed by atoms with Crippen molar-refractivity contribution in [1.82, 2.24) is 4.98 Å². The predicted molar refractivity (Wildman–Crippen MR) is 57.5 cm³/mol. The molecule has 1 aromatic rings. The van der Waals surface area contributed by atoms with Crippen LogP contribution >= 0.6 is 11.6 Å². The first-order chi connectivity index (χ1) is 7.45. The van der Waals surface area contributed by atoms with Crippen molar-refractivity contribution in [2.75, 3.05) is 0 Å². The molecule has 2 rings (SSSR count). The molecule has 84 valence electrons. The summed E-state index contributed by atoms with van der Waals surface area (Å²) in [5, 5.41) is 9.39. The van der Waals surface area contributed by atoms with E-state index in [0.29, 0.717) is 5.56 Å². The minimum Gasteiger partial charge on any atom is -0.481 e. The number of carbonyl (C=O) groups is 2. The number of hydrogen-bond acceptors (Lipinski definition) is 3. The molecule has 0 aromatic carbocycles. The van der Waals surface area contributed by atoms with Gasteiger partial charge in [-0.25, -0.2) is 4.98 Å². The molecule has 0 aliphatic heterocycles. The summed E-state index contributed by atoms with van der Waals surface area (Å²) >= 11 is 5.93. The van der Waals surface area contributed by atoms with Gasteiger partial charge in [-0.05, 0) is 13.0 Å². The molecule has 1 fully saturated rings. The lowest BCUT2D eigenvalue weighted by atomic mass is 9.64. The molecule has 0 bridgehead atoms. The largest absolute Gasteiger partial charge is 0.481 e. The van der Waals surface area contributed by atoms with Crippen LogP contribution in [0.5, 0.6) is 0 Å². The zero-order valence-electron chi connectivity index (χ0n) is 8.66. The van der Waals surface area contributed by atoms with Crippen molar-refractivity contribution in [2.45, 2.75) is 25.2 Å². The molecule has 1 aliphatic carbocycles. The molecule has 1 N–H and O–H groups in total. The van der Waals surface area contributed by atoms with Crippen LogP contribution in [0.3, 0.4) is 0 Å². The second kappa shape index (κ2) is 3.56. The third kappa shape index (κ3) is 1.50. The zero-order chi connectivity index (χ0) is 11.9. The summed E-state index contributed by atoms with van der Waals surface area (Å²) < 4.78 is 0. The lowest BCUT2D eigenvalue weighted by Gasteiger charge is -2.36. The van der Waals surface area contributed by atoms with Crippen molar-refractivity contribution in [3.63, 3.8) is 0 Å². The van der Waals surface area contributed by atoms with E-state index in [0.717, 1.165) is 5.69 Å². The van der Waals surface area contributed by atoms with Crippen LogP contribution < -0.4 is 0 Å². The maximum atomic E-state index is 11.2. The Morgan fingerprint density at radius 3 is 2.56 bits per heavy atom. The Morgan fingerprint density at radius 2 is 2.12 bits per heavy atom. The number of aliphatic carboxylic acids is 1. The van der Waals surface area contributed by atoms with Crippen molar-refractivity contribution in [1.29, 1.82) is 0 Å². The van der Waals surface area contributed by atoms with Gasteiger partial charge in [0.15, 0.2) is 0 Å². The minimum atomic E-state index is -1.16. The van der Waals surface area contributed by atoms with Crippen molar-refractivity contribution in [3.8, 4) is 0 Å². The Labute approximate surface area is 97.3 Å². The fourth-order valence-electron chi connectivity index (χ4n) is 1.96. The van der Waals surface area contributed by atoms with E-state index in [2.05, 4.69) is 4.98 Å². The van der Waals surface area contributed by atoms with Crippen LogP contribution in [0.1, 0.15) is 24.1 Å². The molecule has 1 aliphatic rings. The number of ketones is 1. The molecule has 0 spiro atoms. The van der Waals surface area contributed by atoms with Gasteiger partial charge in [0.2, 0.25) is 0 Å². The van der Waals surface area contributed by atoms with Crippen LogP contribution in [0.2, 0.25) is 5.15 Å². The van der Waals surface area contributed by atoms with E-state index in [-0.39, 0.29) is 23.8 Å². The fraction of sp³-hybridized carbons (Fsp3) is 0.364. The number of carbonyl (C=O) groups excluding carboxylic acids is 1. The van der Waals surface area contributed by atoms with Gasteiger partial charge >= 0.3 is 5.97 Å². The highest BCUT2D eigenvalue weighted by atomic mass is 35.5. The predicted octanol–water partition coefficient (Wildman–Crippen LogP) is 1.73. The third-order valence-corrected chi connectivity index (χ3v) is 3.20. The van der Waals surface area contributed by atoms with Gasteiger partial charge in [0.25, 0.3) is 0 Å². The molecule has 4 nitrogen and oxygen atoms in total. The lowest BCUT2D eigenvalue weighted by molar-refractivity contribution is -0.153. The molecule has 16 heavy (non-hydrogen) atoms. The van der Waals surface area contributed by atoms with Crippen LogP contribution in [-0.4, -0.2) is 21.8 Å². The van der Waals surface area contributed by atoms with Gasteiger partial charge in [-0.15, -0.1) is 0 Å². The van der Waals surface area contributed by atoms with Crippen LogP contribution in [0.4, 0.5) is 0 Å². The Balaban J connectivity index is 2.49. The minimum absolute atomic E-state index is 0.00674. The summed E-state index contributed by atoms with van der Waals surface area (Å²) in [7, 11) is 0. The summed E-state index contributed by atoms with van der Waals surface area (Å²) in [6.07, 6.45) is 0.0135. The van der Waals surface area contributed by atoms with Crippen molar-refractivity contribution < 1.29 is 14.7 Å². The van der Waals surface area contributed by atoms with Gasteiger partial charge in [0.05, 0.1) is 0 Å². The molecular weight excluding hydrogens is 230 g/mol. The van der Waals surface area contributed by atoms with Crippen molar-refractivity contribution in [2.24, 2.45) is 0 Å². The number of hydrogen-bond donors (Lipinski definition) is 1. The summed E-state index contributed by atoms with van der Waals surface area (Å²) in [6.45, 7) is 1.77. The van der Waals surface area contributed by atoms with Crippen molar-refractivity contribution in [3.05, 3.63) is 28.5 Å². The Hall–Kier alpha value is -1.42. The van der Waals surface area contributed by atoms with Gasteiger partial charge < -0.3 is 5.11 Å². The molecule has 5 heteroatoms. The number of aryl methyl sites for hydroxylation is 1. The highest BCUT2D eigenvalue weighted by Gasteiger charge is 2.52. The molecular formula is C11H10ClNO3. The molecule has 0 atom stereocenters. The van der Waals surface area contributed by atoms with E-state index < -0.39 is 11.4 Å². The van der Waals surface area contributed by atoms with Gasteiger partial charge in [0, 0.05) is 24.1 Å². The van der Waals surface area contributed by atoms with E-state index in [1.54, 1.807) is 19.1 Å². The van der Waals surface area contributed by atoms with Crippen LogP contribution in [-0.2, 0) is 15.0 Å². The zero-order valence-corrected chi connectivity index (χ0v) is 9.41. The van der Waals surface area contributed by atoms with Crippen LogP contribution in [0.15, 0.2) is 12.1 Å². The van der Waals surface area contributed by atoms with E-state index >= 15 is 0 Å². The molecule has 0 amide bonds. The Bertz CT molecular complexity index is 476. The standard InChI is InChI=1S/C11H10ClNO3/c1-6-2-3-8(9(12)13-6)11(10(15)16)4-7(14)5-11/h2-3H,4-5H2,1H3,(H,15,16). The maximum absolute atomic E-state index is 11.2. The third-order valence-electron chi connectivity index (χ3n) is 2.91. The first-order valence-corrected chi connectivity index (χ1v) is 5.22. The number of Topliss-reactive ketones (excluding diaryl/α,β-unsaturated/α-hetero) is 1. The average molecular weight is 240 g/mol. The summed E-state index contributed by atoms with van der Waals surface area (Å²) in [4.78, 5) is 26.3. The molecule has 0 radical (unpaired) electrons. The average Bonchev–Trinajstić information content (AvgIpc) is 2.12. The molecule has 1 heterocycles. The highest BCUT2D eigenvalue weighted by molar-refractivity contribution is 6.30. The number of rotatable bonds is 2. The molecule has 0 saturated heterocycles. The van der Waals surface area contributed by atoms with Gasteiger partial charge in [-0.1, -0.05) is 17.7 Å². The van der Waals surface area contributed by atoms with Crippen LogP contribution in [0.25, 0.3) is 0 Å².